The van der Waals surface area contributed by atoms with Crippen LogP contribution in [0, 0.1) is 10.1 Å². The SMILES string of the molecule is CN(CC(=O)c1ccc([N+](=O)[O-])cc1)C1CCS(=O)(=O)C1. The number of nitrogens with zero attached hydrogens (tertiary/aromatic N) is 2. The van der Waals surface area contributed by atoms with Gasteiger partial charge in [0.1, 0.15) is 0 Å². The molecule has 1 aliphatic rings. The van der Waals surface area contributed by atoms with Crippen LogP contribution in [0.4, 0.5) is 5.69 Å². The van der Waals surface area contributed by atoms with Gasteiger partial charge in [0.25, 0.3) is 5.69 Å². The summed E-state index contributed by atoms with van der Waals surface area (Å²) < 4.78 is 22.9. The summed E-state index contributed by atoms with van der Waals surface area (Å²) in [6.45, 7) is 0.0952. The van der Waals surface area contributed by atoms with Crippen molar-refractivity contribution in [1.82, 2.24) is 4.90 Å². The number of hydrogen-bond acceptors (Lipinski definition) is 6. The first-order chi connectivity index (χ1) is 9.78. The van der Waals surface area contributed by atoms with Crippen molar-refractivity contribution in [3.63, 3.8) is 0 Å². The minimum absolute atomic E-state index is 0.0678. The maximum Gasteiger partial charge on any atom is 0.269 e. The normalized spacial score (nSPS) is 20.6. The first-order valence-electron chi connectivity index (χ1n) is 6.47. The van der Waals surface area contributed by atoms with Crippen molar-refractivity contribution in [1.29, 1.82) is 0 Å². The Kier molecular flexibility index (Phi) is 4.38. The summed E-state index contributed by atoms with van der Waals surface area (Å²) in [6.07, 6.45) is 0.534. The van der Waals surface area contributed by atoms with Crippen molar-refractivity contribution in [3.8, 4) is 0 Å². The van der Waals surface area contributed by atoms with Gasteiger partial charge in [-0.25, -0.2) is 8.42 Å². The molecule has 1 aliphatic heterocycles. The molecule has 2 rings (SSSR count). The zero-order valence-electron chi connectivity index (χ0n) is 11.6. The zero-order valence-corrected chi connectivity index (χ0v) is 12.4. The summed E-state index contributed by atoms with van der Waals surface area (Å²) in [5, 5.41) is 10.6. The number of carbonyl (C=O) groups excluding carboxylic acids is 1. The van der Waals surface area contributed by atoms with E-state index >= 15 is 0 Å². The Morgan fingerprint density at radius 2 is 2.00 bits per heavy atom. The topological polar surface area (TPSA) is 97.6 Å². The van der Waals surface area contributed by atoms with Crippen molar-refractivity contribution in [2.24, 2.45) is 0 Å². The number of ketones is 1. The average molecular weight is 312 g/mol. The second-order valence-corrected chi connectivity index (χ2v) is 7.43. The third kappa shape index (κ3) is 3.85. The molecule has 114 valence electrons. The quantitative estimate of drug-likeness (QED) is 0.455. The van der Waals surface area contributed by atoms with Crippen LogP contribution in [-0.2, 0) is 9.84 Å². The lowest BCUT2D eigenvalue weighted by atomic mass is 10.1. The van der Waals surface area contributed by atoms with Gasteiger partial charge in [0, 0.05) is 23.7 Å². The Morgan fingerprint density at radius 1 is 1.38 bits per heavy atom. The van der Waals surface area contributed by atoms with E-state index in [-0.39, 0.29) is 35.6 Å². The van der Waals surface area contributed by atoms with Gasteiger partial charge in [-0.1, -0.05) is 0 Å². The van der Waals surface area contributed by atoms with E-state index in [4.69, 9.17) is 0 Å². The van der Waals surface area contributed by atoms with Crippen LogP contribution in [0.15, 0.2) is 24.3 Å². The highest BCUT2D eigenvalue weighted by Crippen LogP contribution is 2.17. The second-order valence-electron chi connectivity index (χ2n) is 5.20. The maximum atomic E-state index is 12.1. The summed E-state index contributed by atoms with van der Waals surface area (Å²) in [6, 6.07) is 5.26. The highest BCUT2D eigenvalue weighted by molar-refractivity contribution is 7.91. The predicted molar refractivity (Wildman–Crippen MR) is 77.1 cm³/mol. The molecular weight excluding hydrogens is 296 g/mol. The molecule has 1 atom stereocenters. The van der Waals surface area contributed by atoms with Crippen LogP contribution in [0.1, 0.15) is 16.8 Å². The van der Waals surface area contributed by atoms with Crippen molar-refractivity contribution < 1.29 is 18.1 Å². The van der Waals surface area contributed by atoms with Gasteiger partial charge in [-0.2, -0.15) is 0 Å². The third-order valence-electron chi connectivity index (χ3n) is 3.62. The Labute approximate surface area is 122 Å². The predicted octanol–water partition coefficient (Wildman–Crippen LogP) is 0.896. The number of nitro benzene ring substituents is 1. The summed E-state index contributed by atoms with van der Waals surface area (Å²) >= 11 is 0. The number of likely N-dealkylation sites (N-methyl/N-ethyl adjacent to an activating group) is 1. The molecule has 1 unspecified atom stereocenters. The largest absolute Gasteiger partial charge is 0.295 e. The molecule has 1 fully saturated rings. The van der Waals surface area contributed by atoms with Crippen molar-refractivity contribution in [3.05, 3.63) is 39.9 Å². The Hall–Kier alpha value is -1.80. The van der Waals surface area contributed by atoms with E-state index in [1.54, 1.807) is 11.9 Å². The van der Waals surface area contributed by atoms with Crippen LogP contribution in [0.5, 0.6) is 0 Å². The van der Waals surface area contributed by atoms with Gasteiger partial charge in [0.15, 0.2) is 15.6 Å². The van der Waals surface area contributed by atoms with E-state index in [9.17, 15) is 23.3 Å². The number of benzene rings is 1. The average Bonchev–Trinajstić information content (AvgIpc) is 2.79. The smallest absolute Gasteiger partial charge is 0.269 e. The van der Waals surface area contributed by atoms with Crippen LogP contribution in [0.2, 0.25) is 0 Å². The van der Waals surface area contributed by atoms with Gasteiger partial charge < -0.3 is 0 Å². The first-order valence-corrected chi connectivity index (χ1v) is 8.29. The molecule has 0 aromatic heterocycles. The fraction of sp³-hybridized carbons (Fsp3) is 0.462. The summed E-state index contributed by atoms with van der Waals surface area (Å²) in [7, 11) is -1.27. The molecule has 0 radical (unpaired) electrons. The third-order valence-corrected chi connectivity index (χ3v) is 5.38. The second kappa shape index (κ2) is 5.90. The number of sulfone groups is 1. The van der Waals surface area contributed by atoms with E-state index in [0.29, 0.717) is 12.0 Å². The van der Waals surface area contributed by atoms with Crippen LogP contribution >= 0.6 is 0 Å². The van der Waals surface area contributed by atoms with Gasteiger partial charge in [-0.05, 0) is 25.6 Å². The molecule has 0 amide bonds. The molecule has 21 heavy (non-hydrogen) atoms. The van der Waals surface area contributed by atoms with Gasteiger partial charge in [-0.3, -0.25) is 19.8 Å². The summed E-state index contributed by atoms with van der Waals surface area (Å²) in [5.41, 5.74) is 0.315. The van der Waals surface area contributed by atoms with Gasteiger partial charge in [0.2, 0.25) is 0 Å². The molecule has 0 bridgehead atoms. The number of rotatable bonds is 5. The van der Waals surface area contributed by atoms with Crippen LogP contribution < -0.4 is 0 Å². The van der Waals surface area contributed by atoms with Crippen LogP contribution in [-0.4, -0.2) is 55.2 Å². The number of Topliss-reactive ketones (excluding diaryl/α,β-unsaturated/α-hetero) is 1. The molecular formula is C13H16N2O5S. The number of carbonyl (C=O) groups is 1. The summed E-state index contributed by atoms with van der Waals surface area (Å²) in [4.78, 5) is 23.9. The minimum Gasteiger partial charge on any atom is -0.295 e. The monoisotopic (exact) mass is 312 g/mol. The van der Waals surface area contributed by atoms with Gasteiger partial charge in [-0.15, -0.1) is 0 Å². The Balaban J connectivity index is 1.99. The maximum absolute atomic E-state index is 12.1. The van der Waals surface area contributed by atoms with E-state index in [2.05, 4.69) is 0 Å². The van der Waals surface area contributed by atoms with Crippen LogP contribution in [0.3, 0.4) is 0 Å². The molecule has 7 nitrogen and oxygen atoms in total. The fourth-order valence-electron chi connectivity index (χ4n) is 2.34. The van der Waals surface area contributed by atoms with Crippen molar-refractivity contribution in [2.75, 3.05) is 25.1 Å². The van der Waals surface area contributed by atoms with Gasteiger partial charge >= 0.3 is 0 Å². The molecule has 0 saturated carbocycles. The molecule has 0 spiro atoms. The van der Waals surface area contributed by atoms with Gasteiger partial charge in [0.05, 0.1) is 23.0 Å². The van der Waals surface area contributed by atoms with Crippen molar-refractivity contribution in [2.45, 2.75) is 12.5 Å². The molecule has 1 heterocycles. The summed E-state index contributed by atoms with van der Waals surface area (Å²) in [5.74, 6) is 0.0572. The molecule has 1 aromatic carbocycles. The first kappa shape index (κ1) is 15.6. The lowest BCUT2D eigenvalue weighted by Gasteiger charge is -2.22. The Bertz CT molecular complexity index is 654. The lowest BCUT2D eigenvalue weighted by molar-refractivity contribution is -0.384. The minimum atomic E-state index is -2.98. The highest BCUT2D eigenvalue weighted by atomic mass is 32.2. The number of non-ortho nitro benzene ring substituents is 1. The highest BCUT2D eigenvalue weighted by Gasteiger charge is 2.31. The molecule has 8 heteroatoms. The Morgan fingerprint density at radius 3 is 2.48 bits per heavy atom. The molecule has 1 aromatic rings. The fourth-order valence-corrected chi connectivity index (χ4v) is 4.14. The standard InChI is InChI=1S/C13H16N2O5S/c1-14(12-6-7-21(19,20)9-12)8-13(16)10-2-4-11(5-3-10)15(17)18/h2-5,12H,6-9H2,1H3. The number of hydrogen-bond donors (Lipinski definition) is 0. The van der Waals surface area contributed by atoms with E-state index < -0.39 is 14.8 Å². The molecule has 0 aliphatic carbocycles. The lowest BCUT2D eigenvalue weighted by Crippen LogP contribution is -2.36. The number of nitro groups is 1. The molecule has 1 saturated heterocycles. The van der Waals surface area contributed by atoms with E-state index in [0.717, 1.165) is 0 Å². The van der Waals surface area contributed by atoms with Crippen molar-refractivity contribution >= 4 is 21.3 Å². The van der Waals surface area contributed by atoms with Crippen LogP contribution in [0.25, 0.3) is 0 Å². The van der Waals surface area contributed by atoms with E-state index in [1.807, 2.05) is 0 Å². The zero-order chi connectivity index (χ0) is 15.6. The van der Waals surface area contributed by atoms with E-state index in [1.165, 1.54) is 24.3 Å². The molecule has 0 N–H and O–H groups in total.